The van der Waals surface area contributed by atoms with Crippen LogP contribution in [0.3, 0.4) is 0 Å². The van der Waals surface area contributed by atoms with Gasteiger partial charge in [-0.3, -0.25) is 4.79 Å². The molecule has 6 nitrogen and oxygen atoms in total. The Hall–Kier alpha value is -3.12. The van der Waals surface area contributed by atoms with Crippen molar-refractivity contribution < 1.29 is 19.1 Å². The molecule has 0 bridgehead atoms. The second kappa shape index (κ2) is 8.49. The van der Waals surface area contributed by atoms with E-state index in [0.717, 1.165) is 17.0 Å². The normalized spacial score (nSPS) is 12.9. The minimum Gasteiger partial charge on any atom is -0.508 e. The number of anilines is 1. The number of carbonyl (C=O) groups is 1. The lowest BCUT2D eigenvalue weighted by molar-refractivity contribution is -0.131. The molecule has 0 fully saturated rings. The van der Waals surface area contributed by atoms with E-state index in [4.69, 9.17) is 20.8 Å². The third-order valence-corrected chi connectivity index (χ3v) is 5.03. The van der Waals surface area contributed by atoms with Crippen LogP contribution in [0.1, 0.15) is 11.3 Å². The third-order valence-electron chi connectivity index (χ3n) is 4.80. The summed E-state index contributed by atoms with van der Waals surface area (Å²) in [6.07, 6.45) is 1.60. The van der Waals surface area contributed by atoms with Crippen LogP contribution in [0.2, 0.25) is 5.02 Å². The maximum Gasteiger partial charge on any atom is 0.242 e. The number of carbonyl (C=O) groups excluding carboxylic acids is 1. The first-order chi connectivity index (χ1) is 14.1. The van der Waals surface area contributed by atoms with Gasteiger partial charge in [0.15, 0.2) is 0 Å². The van der Waals surface area contributed by atoms with Crippen LogP contribution in [0.25, 0.3) is 0 Å². The number of rotatable bonds is 6. The van der Waals surface area contributed by atoms with E-state index in [2.05, 4.69) is 0 Å². The summed E-state index contributed by atoms with van der Waals surface area (Å²) in [5.41, 5.74) is 1.74. The Balaban J connectivity index is 1.53. The maximum atomic E-state index is 13.2. The van der Waals surface area contributed by atoms with Gasteiger partial charge in [-0.1, -0.05) is 23.7 Å². The zero-order chi connectivity index (χ0) is 20.2. The van der Waals surface area contributed by atoms with E-state index in [9.17, 15) is 9.90 Å². The van der Waals surface area contributed by atoms with E-state index < -0.39 is 0 Å². The maximum absolute atomic E-state index is 13.2. The minimum atomic E-state index is -0.0395. The number of halogens is 1. The summed E-state index contributed by atoms with van der Waals surface area (Å²) in [4.78, 5) is 16.9. The van der Waals surface area contributed by atoms with Crippen LogP contribution in [-0.4, -0.2) is 35.6 Å². The SMILES string of the molecule is O=C(CN1CCOc2ccc(Cl)cc21)N(Cc1ccc(O)cc1)Cc1ccco1. The Morgan fingerprint density at radius 2 is 1.97 bits per heavy atom. The molecular weight excluding hydrogens is 392 g/mol. The number of furan rings is 1. The molecule has 2 aromatic carbocycles. The van der Waals surface area contributed by atoms with Gasteiger partial charge in [0.05, 0.1) is 31.6 Å². The van der Waals surface area contributed by atoms with Crippen LogP contribution in [0.15, 0.2) is 65.3 Å². The Morgan fingerprint density at radius 3 is 2.72 bits per heavy atom. The van der Waals surface area contributed by atoms with Gasteiger partial charge in [0.25, 0.3) is 0 Å². The molecule has 0 unspecified atom stereocenters. The second-order valence-electron chi connectivity index (χ2n) is 6.88. The summed E-state index contributed by atoms with van der Waals surface area (Å²) < 4.78 is 11.1. The number of phenolic OH excluding ortho intramolecular Hbond substituents is 1. The molecular formula is C22H21ClN2O4. The summed E-state index contributed by atoms with van der Waals surface area (Å²) in [7, 11) is 0. The van der Waals surface area contributed by atoms with Gasteiger partial charge in [0.2, 0.25) is 5.91 Å². The highest BCUT2D eigenvalue weighted by molar-refractivity contribution is 6.31. The Morgan fingerprint density at radius 1 is 1.14 bits per heavy atom. The van der Waals surface area contributed by atoms with Gasteiger partial charge in [0, 0.05) is 11.6 Å². The molecule has 7 heteroatoms. The molecule has 150 valence electrons. The van der Waals surface area contributed by atoms with E-state index in [1.54, 1.807) is 35.4 Å². The van der Waals surface area contributed by atoms with Crippen molar-refractivity contribution in [1.29, 1.82) is 0 Å². The van der Waals surface area contributed by atoms with Crippen LogP contribution >= 0.6 is 11.6 Å². The highest BCUT2D eigenvalue weighted by Gasteiger charge is 2.24. The molecule has 0 radical (unpaired) electrons. The van der Waals surface area contributed by atoms with Gasteiger partial charge in [-0.05, 0) is 48.0 Å². The fourth-order valence-corrected chi connectivity index (χ4v) is 3.48. The largest absolute Gasteiger partial charge is 0.508 e. The summed E-state index contributed by atoms with van der Waals surface area (Å²) in [5, 5.41) is 10.1. The lowest BCUT2D eigenvalue weighted by Gasteiger charge is -2.32. The summed E-state index contributed by atoms with van der Waals surface area (Å²) >= 11 is 6.15. The molecule has 1 N–H and O–H groups in total. The van der Waals surface area contributed by atoms with Crippen LogP contribution in [0.4, 0.5) is 5.69 Å². The van der Waals surface area contributed by atoms with E-state index in [1.807, 2.05) is 35.2 Å². The molecule has 1 amide bonds. The third kappa shape index (κ3) is 4.66. The van der Waals surface area contributed by atoms with Gasteiger partial charge < -0.3 is 24.1 Å². The van der Waals surface area contributed by atoms with Crippen LogP contribution < -0.4 is 9.64 Å². The highest BCUT2D eigenvalue weighted by atomic mass is 35.5. The van der Waals surface area contributed by atoms with Crippen molar-refractivity contribution in [2.45, 2.75) is 13.1 Å². The standard InChI is InChI=1S/C22H21ClN2O4/c23-17-5-8-21-20(12-17)24(9-11-29-21)15-22(27)25(14-19-2-1-10-28-19)13-16-3-6-18(26)7-4-16/h1-8,10,12,26H,9,11,13-15H2. The zero-order valence-corrected chi connectivity index (χ0v) is 16.5. The Kier molecular flexibility index (Phi) is 5.62. The summed E-state index contributed by atoms with van der Waals surface area (Å²) in [5.74, 6) is 1.59. The van der Waals surface area contributed by atoms with Gasteiger partial charge in [0.1, 0.15) is 23.9 Å². The zero-order valence-electron chi connectivity index (χ0n) is 15.8. The molecule has 4 rings (SSSR count). The van der Waals surface area contributed by atoms with E-state index in [-0.39, 0.29) is 18.2 Å². The van der Waals surface area contributed by atoms with E-state index in [1.165, 1.54) is 0 Å². The summed E-state index contributed by atoms with van der Waals surface area (Å²) in [6, 6.07) is 15.9. The molecule has 29 heavy (non-hydrogen) atoms. The number of phenols is 1. The summed E-state index contributed by atoms with van der Waals surface area (Å²) in [6.45, 7) is 2.09. The first-order valence-electron chi connectivity index (χ1n) is 9.34. The first kappa shape index (κ1) is 19.2. The van der Waals surface area contributed by atoms with Crippen molar-refractivity contribution in [3.63, 3.8) is 0 Å². The average Bonchev–Trinajstić information content (AvgIpc) is 3.23. The van der Waals surface area contributed by atoms with Crippen molar-refractivity contribution in [1.82, 2.24) is 4.90 Å². The molecule has 3 aromatic rings. The number of hydrogen-bond acceptors (Lipinski definition) is 5. The van der Waals surface area contributed by atoms with E-state index in [0.29, 0.717) is 37.0 Å². The molecule has 0 atom stereocenters. The second-order valence-corrected chi connectivity index (χ2v) is 7.31. The number of hydrogen-bond donors (Lipinski definition) is 1. The van der Waals surface area contributed by atoms with Crippen molar-refractivity contribution in [2.75, 3.05) is 24.6 Å². The molecule has 1 aliphatic rings. The molecule has 1 aliphatic heterocycles. The predicted octanol–water partition coefficient (Wildman–Crippen LogP) is 4.07. The van der Waals surface area contributed by atoms with Crippen molar-refractivity contribution >= 4 is 23.2 Å². The number of fused-ring (bicyclic) bond motifs is 1. The lowest BCUT2D eigenvalue weighted by atomic mass is 10.2. The number of amides is 1. The number of ether oxygens (including phenoxy) is 1. The average molecular weight is 413 g/mol. The Bertz CT molecular complexity index is 973. The monoisotopic (exact) mass is 412 g/mol. The first-order valence-corrected chi connectivity index (χ1v) is 9.71. The van der Waals surface area contributed by atoms with Gasteiger partial charge in [-0.2, -0.15) is 0 Å². The fraction of sp³-hybridized carbons (Fsp3) is 0.227. The number of benzene rings is 2. The number of aromatic hydroxyl groups is 1. The molecule has 0 aliphatic carbocycles. The van der Waals surface area contributed by atoms with Gasteiger partial charge >= 0.3 is 0 Å². The molecule has 2 heterocycles. The van der Waals surface area contributed by atoms with Crippen molar-refractivity contribution in [3.05, 3.63) is 77.2 Å². The van der Waals surface area contributed by atoms with Crippen LogP contribution in [0, 0.1) is 0 Å². The van der Waals surface area contributed by atoms with E-state index >= 15 is 0 Å². The minimum absolute atomic E-state index is 0.0395. The quantitative estimate of drug-likeness (QED) is 0.661. The van der Waals surface area contributed by atoms with Crippen molar-refractivity contribution in [3.8, 4) is 11.5 Å². The van der Waals surface area contributed by atoms with Crippen molar-refractivity contribution in [2.24, 2.45) is 0 Å². The predicted molar refractivity (Wildman–Crippen MR) is 110 cm³/mol. The van der Waals surface area contributed by atoms with Gasteiger partial charge in [-0.25, -0.2) is 0 Å². The topological polar surface area (TPSA) is 66.2 Å². The Labute approximate surface area is 173 Å². The molecule has 0 saturated heterocycles. The molecule has 0 saturated carbocycles. The molecule has 1 aromatic heterocycles. The van der Waals surface area contributed by atoms with Crippen LogP contribution in [0.5, 0.6) is 11.5 Å². The van der Waals surface area contributed by atoms with Gasteiger partial charge in [-0.15, -0.1) is 0 Å². The number of nitrogens with zero attached hydrogens (tertiary/aromatic N) is 2. The fourth-order valence-electron chi connectivity index (χ4n) is 3.32. The smallest absolute Gasteiger partial charge is 0.242 e. The molecule has 0 spiro atoms. The lowest BCUT2D eigenvalue weighted by Crippen LogP contribution is -2.42. The highest BCUT2D eigenvalue weighted by Crippen LogP contribution is 2.34. The van der Waals surface area contributed by atoms with Crippen LogP contribution in [-0.2, 0) is 17.9 Å².